The van der Waals surface area contributed by atoms with Crippen LogP contribution in [0.3, 0.4) is 0 Å². The summed E-state index contributed by atoms with van der Waals surface area (Å²) >= 11 is 0. The number of benzene rings is 4. The molecule has 0 bridgehead atoms. The van der Waals surface area contributed by atoms with Crippen molar-refractivity contribution in [2.45, 2.75) is 145 Å². The van der Waals surface area contributed by atoms with E-state index in [1.807, 2.05) is 42.5 Å². The minimum atomic E-state index is -1.36. The molecule has 0 aliphatic carbocycles. The number of nitrogens with two attached hydrogens (primary N) is 5. The SMILES string of the molecule is CC(=O)N[C@@H](Cc1c[nH]cn1)C(=O)N[C@@H](Cc1ccccc1)C(=O)N[C@@H](CCCN=C(N)N)C(=O)N[C@@H](Cc1c[nH]c2ccccc12)C(=O)NCCC(=O)NCC(=O)NCCC(=O)NCC(=O)NCCC(=O)NCC(=O)NCCC(=O)N[C@@H](Cc1c[nH]cn1)C(=O)N[C@@H](Cc1ccccc1)C(=O)N[C@@H](CCCN=C(N)N)C(=O)N[C@@H](Cc1c[nH]c2ccccc12)C(N)=O. The molecule has 4 heterocycles. The normalized spacial score (nSPS) is 12.8. The van der Waals surface area contributed by atoms with Gasteiger partial charge >= 0.3 is 0 Å². The van der Waals surface area contributed by atoms with Gasteiger partial charge in [0.05, 0.1) is 43.7 Å². The first-order chi connectivity index (χ1) is 61.5. The summed E-state index contributed by atoms with van der Waals surface area (Å²) in [5.74, 6) is -11.9. The fourth-order valence-corrected chi connectivity index (χ4v) is 13.3. The van der Waals surface area contributed by atoms with E-state index in [-0.39, 0.29) is 141 Å². The van der Waals surface area contributed by atoms with Crippen LogP contribution in [0.2, 0.25) is 0 Å². The van der Waals surface area contributed by atoms with E-state index >= 15 is 0 Å². The number of aromatic amines is 4. The Labute approximate surface area is 734 Å². The van der Waals surface area contributed by atoms with E-state index in [9.17, 15) is 76.7 Å². The van der Waals surface area contributed by atoms with Crippen molar-refractivity contribution in [1.82, 2.24) is 110 Å². The number of nitrogens with one attached hydrogen (secondary N) is 19. The molecule has 0 saturated heterocycles. The number of amides is 16. The molecule has 0 spiro atoms. The largest absolute Gasteiger partial charge is 0.370 e. The molecule has 682 valence electrons. The van der Waals surface area contributed by atoms with Gasteiger partial charge in [0.2, 0.25) is 94.5 Å². The van der Waals surface area contributed by atoms with Gasteiger partial charge in [-0.15, -0.1) is 0 Å². The molecular formula is C84H110N28O16. The zero-order valence-corrected chi connectivity index (χ0v) is 70.4. The van der Waals surface area contributed by atoms with Crippen molar-refractivity contribution in [2.24, 2.45) is 38.7 Å². The van der Waals surface area contributed by atoms with Gasteiger partial charge in [0.25, 0.3) is 0 Å². The molecule has 8 rings (SSSR count). The van der Waals surface area contributed by atoms with Crippen molar-refractivity contribution in [1.29, 1.82) is 0 Å². The Hall–Kier alpha value is -15.6. The van der Waals surface area contributed by atoms with Crippen molar-refractivity contribution < 1.29 is 76.7 Å². The highest BCUT2D eigenvalue weighted by Crippen LogP contribution is 2.22. The molecule has 0 unspecified atom stereocenters. The standard InChI is InChI=1S/C84H110N28O16/c1-49(113)105-66(38-54-42-90-47-103-54)81(127)110-63(34-50-14-4-2-5-15-50)79(125)108-61(23-13-29-97-84(88)89)78(124)112-65(37-53-41-99-59-21-11-9-19-57(53)59)76(122)95-33-26-70(116)102-45-73(119)93-31-24-68(114)100-44-72(118)92-30-25-69(115)101-46-74(120)94-32-27-71(117)106-67(39-55-43-91-48-104-55)82(128)111-64(35-51-16-6-3-7-17-51)80(126)107-60(22-12-28-96-83(86)87)77(123)109-62(75(85)121)36-52-40-98-58-20-10-8-18-56(52)58/h2-11,14-21,40-43,47-48,60-67,98-99H,12-13,22-39,44-46H2,1H3,(H2,85,121)(H,90,103)(H,91,104)(H,92,118)(H,93,119)(H,94,120)(H,95,122)(H,100,114)(H,101,115)(H,102,116)(H,105,113)(H,106,117)(H,107,126)(H,108,125)(H,109,123)(H,110,127)(H,111,128)(H,112,124)(H4,86,87,96)(H4,88,89,97)/t60-,61-,62-,63-,64-,65-,66-,67-/m0/s1. The summed E-state index contributed by atoms with van der Waals surface area (Å²) < 4.78 is 0. The summed E-state index contributed by atoms with van der Waals surface area (Å²) in [6.07, 6.45) is 7.82. The zero-order chi connectivity index (χ0) is 92.3. The van der Waals surface area contributed by atoms with Crippen LogP contribution in [0.5, 0.6) is 0 Å². The highest BCUT2D eigenvalue weighted by molar-refractivity contribution is 5.99. The smallest absolute Gasteiger partial charge is 0.243 e. The summed E-state index contributed by atoms with van der Waals surface area (Å²) in [6.45, 7) is -1.12. The topological polar surface area (TPSA) is 697 Å². The molecule has 44 heteroatoms. The molecule has 29 N–H and O–H groups in total. The summed E-state index contributed by atoms with van der Waals surface area (Å²) in [4.78, 5) is 243. The molecule has 44 nitrogen and oxygen atoms in total. The van der Waals surface area contributed by atoms with E-state index in [1.54, 1.807) is 85.3 Å². The number of carbonyl (C=O) groups excluding carboxylic acids is 16. The minimum absolute atomic E-state index is 0.0130. The fourth-order valence-electron chi connectivity index (χ4n) is 13.3. The van der Waals surface area contributed by atoms with Crippen LogP contribution in [-0.2, 0) is 115 Å². The lowest BCUT2D eigenvalue weighted by molar-refractivity contribution is -0.134. The molecule has 16 amide bonds. The predicted octanol–water partition coefficient (Wildman–Crippen LogP) is -5.28. The second-order valence-electron chi connectivity index (χ2n) is 29.7. The molecule has 4 aromatic heterocycles. The van der Waals surface area contributed by atoms with Crippen LogP contribution < -0.4 is 108 Å². The average molecular weight is 1770 g/mol. The van der Waals surface area contributed by atoms with Crippen LogP contribution >= 0.6 is 0 Å². The van der Waals surface area contributed by atoms with E-state index in [1.165, 1.54) is 25.8 Å². The third-order valence-corrected chi connectivity index (χ3v) is 19.8. The number of carbonyl (C=O) groups is 16. The number of aliphatic imine (C=N–C) groups is 2. The van der Waals surface area contributed by atoms with Crippen LogP contribution in [0.25, 0.3) is 21.8 Å². The molecule has 128 heavy (non-hydrogen) atoms. The first-order valence-corrected chi connectivity index (χ1v) is 41.3. The summed E-state index contributed by atoms with van der Waals surface area (Å²) in [7, 11) is 0. The molecular weight excluding hydrogens is 1660 g/mol. The van der Waals surface area contributed by atoms with Crippen LogP contribution in [0.15, 0.2) is 157 Å². The number of guanidine groups is 2. The fraction of sp³-hybridized carbons (Fsp3) is 0.381. The minimum Gasteiger partial charge on any atom is -0.370 e. The van der Waals surface area contributed by atoms with E-state index in [0.29, 0.717) is 33.6 Å². The van der Waals surface area contributed by atoms with Crippen molar-refractivity contribution in [3.63, 3.8) is 0 Å². The molecule has 8 atom stereocenters. The Bertz CT molecular complexity index is 5150. The first-order valence-electron chi connectivity index (χ1n) is 41.3. The van der Waals surface area contributed by atoms with Gasteiger partial charge in [-0.2, -0.15) is 0 Å². The van der Waals surface area contributed by atoms with Gasteiger partial charge in [0, 0.05) is 157 Å². The van der Waals surface area contributed by atoms with Gasteiger partial charge in [0.15, 0.2) is 11.9 Å². The van der Waals surface area contributed by atoms with E-state index < -0.39 is 162 Å². The van der Waals surface area contributed by atoms with E-state index in [2.05, 4.69) is 120 Å². The predicted molar refractivity (Wildman–Crippen MR) is 469 cm³/mol. The number of H-pyrrole nitrogens is 4. The number of hydrogen-bond donors (Lipinski definition) is 24. The molecule has 0 radical (unpaired) electrons. The van der Waals surface area contributed by atoms with Gasteiger partial charge in [-0.1, -0.05) is 97.1 Å². The van der Waals surface area contributed by atoms with Gasteiger partial charge in [-0.3, -0.25) is 86.7 Å². The lowest BCUT2D eigenvalue weighted by atomic mass is 10.0. The number of fused-ring (bicyclic) bond motifs is 2. The number of aromatic nitrogens is 6. The molecule has 0 fully saturated rings. The molecule has 8 aromatic rings. The number of rotatable bonds is 54. The first kappa shape index (κ1) is 97.9. The van der Waals surface area contributed by atoms with Crippen molar-refractivity contribution >= 4 is 128 Å². The highest BCUT2D eigenvalue weighted by Gasteiger charge is 2.35. The van der Waals surface area contributed by atoms with Crippen molar-refractivity contribution in [3.05, 3.63) is 180 Å². The second kappa shape index (κ2) is 51.5. The van der Waals surface area contributed by atoms with Crippen molar-refractivity contribution in [2.75, 3.05) is 58.9 Å². The van der Waals surface area contributed by atoms with E-state index in [0.717, 1.165) is 21.8 Å². The zero-order valence-electron chi connectivity index (χ0n) is 70.4. The van der Waals surface area contributed by atoms with Crippen LogP contribution in [0.1, 0.15) is 91.9 Å². The number of primary amides is 1. The monoisotopic (exact) mass is 1770 g/mol. The molecule has 0 saturated carbocycles. The number of imidazole rings is 2. The van der Waals surface area contributed by atoms with E-state index in [4.69, 9.17) is 28.7 Å². The average Bonchev–Trinajstić information content (AvgIpc) is 1.66. The quantitative estimate of drug-likeness (QED) is 0.00962. The lowest BCUT2D eigenvalue weighted by Crippen LogP contribution is -2.59. The number of nitrogens with zero attached hydrogens (tertiary/aromatic N) is 4. The third-order valence-electron chi connectivity index (χ3n) is 19.8. The van der Waals surface area contributed by atoms with Crippen LogP contribution in [0, 0.1) is 0 Å². The Kier molecular flexibility index (Phi) is 39.4. The Morgan fingerprint density at radius 1 is 0.336 bits per heavy atom. The number of hydrogen-bond acceptors (Lipinski definition) is 20. The number of para-hydroxylation sites is 2. The summed E-state index contributed by atoms with van der Waals surface area (Å²) in [6, 6.07) is 21.6. The summed E-state index contributed by atoms with van der Waals surface area (Å²) in [5.41, 5.74) is 33.0. The second-order valence-corrected chi connectivity index (χ2v) is 29.7. The summed E-state index contributed by atoms with van der Waals surface area (Å²) in [5, 5.41) is 40.5. The van der Waals surface area contributed by atoms with Gasteiger partial charge in [0.1, 0.15) is 48.3 Å². The molecule has 4 aromatic carbocycles. The molecule has 0 aliphatic heterocycles. The van der Waals surface area contributed by atoms with Gasteiger partial charge in [-0.05, 0) is 60.1 Å². The maximum Gasteiger partial charge on any atom is 0.243 e. The molecule has 0 aliphatic rings. The Morgan fingerprint density at radius 2 is 0.672 bits per heavy atom. The van der Waals surface area contributed by atoms with Gasteiger partial charge < -0.3 is 128 Å². The third kappa shape index (κ3) is 34.6. The Balaban J connectivity index is 0.734. The highest BCUT2D eigenvalue weighted by atomic mass is 16.2. The van der Waals surface area contributed by atoms with Crippen LogP contribution in [-0.4, -0.2) is 244 Å². The van der Waals surface area contributed by atoms with Crippen LogP contribution in [0.4, 0.5) is 0 Å². The lowest BCUT2D eigenvalue weighted by Gasteiger charge is -2.26. The maximum atomic E-state index is 14.6. The van der Waals surface area contributed by atoms with Gasteiger partial charge in [-0.25, -0.2) is 9.97 Å². The Morgan fingerprint density at radius 3 is 1.05 bits per heavy atom. The maximum absolute atomic E-state index is 14.6. The van der Waals surface area contributed by atoms with Crippen molar-refractivity contribution in [3.8, 4) is 0 Å².